The zero-order valence-electron chi connectivity index (χ0n) is 9.57. The summed E-state index contributed by atoms with van der Waals surface area (Å²) in [6, 6.07) is 7.95. The van der Waals surface area contributed by atoms with Crippen LogP contribution in [0.25, 0.3) is 0 Å². The predicted octanol–water partition coefficient (Wildman–Crippen LogP) is 3.19. The second kappa shape index (κ2) is 5.01. The molecular weight excluding hydrogens is 238 g/mol. The summed E-state index contributed by atoms with van der Waals surface area (Å²) in [5, 5.41) is 3.42. The highest BCUT2D eigenvalue weighted by molar-refractivity contribution is 6.31. The van der Waals surface area contributed by atoms with E-state index in [2.05, 4.69) is 15.3 Å². The summed E-state index contributed by atoms with van der Waals surface area (Å²) in [4.78, 5) is 7.95. The number of nitrogens with zero attached hydrogens (tertiary/aromatic N) is 2. The van der Waals surface area contributed by atoms with E-state index < -0.39 is 0 Å². The monoisotopic (exact) mass is 249 g/mol. The van der Waals surface area contributed by atoms with E-state index in [1.54, 1.807) is 0 Å². The lowest BCUT2D eigenvalue weighted by atomic mass is 10.2. The fourth-order valence-corrected chi connectivity index (χ4v) is 1.61. The van der Waals surface area contributed by atoms with E-state index in [0.29, 0.717) is 11.6 Å². The number of benzene rings is 1. The zero-order valence-corrected chi connectivity index (χ0v) is 10.3. The van der Waals surface area contributed by atoms with E-state index in [9.17, 15) is 0 Å². The van der Waals surface area contributed by atoms with E-state index in [4.69, 9.17) is 16.3 Å². The van der Waals surface area contributed by atoms with Gasteiger partial charge >= 0.3 is 0 Å². The molecule has 0 fully saturated rings. The van der Waals surface area contributed by atoms with Gasteiger partial charge in [-0.05, 0) is 19.1 Å². The number of aryl methyl sites for hydroxylation is 1. The van der Waals surface area contributed by atoms with Crippen molar-refractivity contribution < 1.29 is 4.74 Å². The molecule has 2 rings (SSSR count). The van der Waals surface area contributed by atoms with E-state index in [1.165, 1.54) is 19.0 Å². The molecule has 1 aromatic carbocycles. The lowest BCUT2D eigenvalue weighted by Gasteiger charge is -2.10. The molecule has 2 aromatic rings. The van der Waals surface area contributed by atoms with Crippen LogP contribution in [-0.2, 0) is 0 Å². The molecule has 1 N–H and O–H groups in total. The number of aromatic nitrogens is 2. The average molecular weight is 250 g/mol. The maximum Gasteiger partial charge on any atom is 0.199 e. The van der Waals surface area contributed by atoms with Crippen LogP contribution in [0.1, 0.15) is 5.56 Å². The van der Waals surface area contributed by atoms with Crippen LogP contribution in [-0.4, -0.2) is 17.1 Å². The molecule has 0 saturated carbocycles. The average Bonchev–Trinajstić information content (AvgIpc) is 2.32. The van der Waals surface area contributed by atoms with Gasteiger partial charge in [0.1, 0.15) is 6.33 Å². The van der Waals surface area contributed by atoms with Gasteiger partial charge in [0.25, 0.3) is 0 Å². The van der Waals surface area contributed by atoms with Crippen LogP contribution in [0.4, 0.5) is 11.5 Å². The standard InChI is InChI=1S/C12H12ClN3O/c1-8-3-5-9(6-4-8)16-12-10(17-2)11(13)14-7-15-12/h3-7H,1-2H3,(H,14,15,16). The number of anilines is 2. The molecule has 5 heteroatoms. The van der Waals surface area contributed by atoms with Crippen LogP contribution in [0, 0.1) is 6.92 Å². The maximum absolute atomic E-state index is 5.90. The molecule has 0 aliphatic heterocycles. The Kier molecular flexibility index (Phi) is 3.44. The minimum atomic E-state index is 0.289. The van der Waals surface area contributed by atoms with Crippen LogP contribution in [0.3, 0.4) is 0 Å². The number of hydrogen-bond donors (Lipinski definition) is 1. The van der Waals surface area contributed by atoms with Gasteiger partial charge in [-0.25, -0.2) is 9.97 Å². The molecule has 0 saturated heterocycles. The van der Waals surface area contributed by atoms with E-state index in [0.717, 1.165) is 5.69 Å². The lowest BCUT2D eigenvalue weighted by molar-refractivity contribution is 0.413. The molecule has 88 valence electrons. The van der Waals surface area contributed by atoms with Gasteiger partial charge in [-0.1, -0.05) is 29.3 Å². The summed E-state index contributed by atoms with van der Waals surface area (Å²) in [6.07, 6.45) is 1.39. The Morgan fingerprint density at radius 3 is 2.53 bits per heavy atom. The van der Waals surface area contributed by atoms with Gasteiger partial charge in [0.2, 0.25) is 0 Å². The number of rotatable bonds is 3. The Balaban J connectivity index is 2.29. The predicted molar refractivity (Wildman–Crippen MR) is 68.1 cm³/mol. The molecule has 0 unspecified atom stereocenters. The fraction of sp³-hybridized carbons (Fsp3) is 0.167. The van der Waals surface area contributed by atoms with Crippen LogP contribution >= 0.6 is 11.6 Å². The second-order valence-electron chi connectivity index (χ2n) is 3.54. The first-order chi connectivity index (χ1) is 8.20. The van der Waals surface area contributed by atoms with Crippen LogP contribution in [0.2, 0.25) is 5.15 Å². The van der Waals surface area contributed by atoms with E-state index >= 15 is 0 Å². The molecule has 17 heavy (non-hydrogen) atoms. The third-order valence-electron chi connectivity index (χ3n) is 2.28. The van der Waals surface area contributed by atoms with Gasteiger partial charge in [-0.15, -0.1) is 0 Å². The highest BCUT2D eigenvalue weighted by Crippen LogP contribution is 2.30. The van der Waals surface area contributed by atoms with Crippen molar-refractivity contribution in [3.8, 4) is 5.75 Å². The van der Waals surface area contributed by atoms with Crippen LogP contribution in [0.5, 0.6) is 5.75 Å². The first kappa shape index (κ1) is 11.7. The number of hydrogen-bond acceptors (Lipinski definition) is 4. The van der Waals surface area contributed by atoms with Crippen molar-refractivity contribution in [1.29, 1.82) is 0 Å². The lowest BCUT2D eigenvalue weighted by Crippen LogP contribution is -1.99. The fourth-order valence-electron chi connectivity index (χ4n) is 1.40. The van der Waals surface area contributed by atoms with Crippen molar-refractivity contribution in [2.75, 3.05) is 12.4 Å². The van der Waals surface area contributed by atoms with Crippen molar-refractivity contribution >= 4 is 23.1 Å². The Morgan fingerprint density at radius 2 is 1.88 bits per heavy atom. The van der Waals surface area contributed by atoms with Crippen LogP contribution in [0.15, 0.2) is 30.6 Å². The summed E-state index contributed by atoms with van der Waals surface area (Å²) in [5.74, 6) is 0.992. The zero-order chi connectivity index (χ0) is 12.3. The normalized spacial score (nSPS) is 10.1. The highest BCUT2D eigenvalue weighted by atomic mass is 35.5. The van der Waals surface area contributed by atoms with Gasteiger partial charge in [-0.2, -0.15) is 0 Å². The number of nitrogens with one attached hydrogen (secondary N) is 1. The Hall–Kier alpha value is -1.81. The molecule has 1 heterocycles. The SMILES string of the molecule is COc1c(Cl)ncnc1Nc1ccc(C)cc1. The molecule has 0 atom stereocenters. The summed E-state index contributed by atoms with van der Waals surface area (Å²) in [5.41, 5.74) is 2.12. The van der Waals surface area contributed by atoms with Crippen molar-refractivity contribution in [2.45, 2.75) is 6.92 Å². The van der Waals surface area contributed by atoms with Crippen molar-refractivity contribution in [1.82, 2.24) is 9.97 Å². The second-order valence-corrected chi connectivity index (χ2v) is 3.90. The third-order valence-corrected chi connectivity index (χ3v) is 2.55. The minimum Gasteiger partial charge on any atom is -0.490 e. The largest absolute Gasteiger partial charge is 0.490 e. The van der Waals surface area contributed by atoms with Crippen molar-refractivity contribution in [2.24, 2.45) is 0 Å². The van der Waals surface area contributed by atoms with Crippen molar-refractivity contribution in [3.05, 3.63) is 41.3 Å². The van der Waals surface area contributed by atoms with Gasteiger partial charge in [-0.3, -0.25) is 0 Å². The van der Waals surface area contributed by atoms with Gasteiger partial charge in [0.15, 0.2) is 16.7 Å². The number of ether oxygens (including phenoxy) is 1. The van der Waals surface area contributed by atoms with Crippen LogP contribution < -0.4 is 10.1 Å². The molecule has 0 aliphatic carbocycles. The first-order valence-corrected chi connectivity index (χ1v) is 5.46. The molecule has 1 aromatic heterocycles. The summed E-state index contributed by atoms with van der Waals surface area (Å²) < 4.78 is 5.15. The molecular formula is C12H12ClN3O. The van der Waals surface area contributed by atoms with Crippen molar-refractivity contribution in [3.63, 3.8) is 0 Å². The smallest absolute Gasteiger partial charge is 0.199 e. The summed E-state index contributed by atoms with van der Waals surface area (Å²) in [7, 11) is 1.53. The summed E-state index contributed by atoms with van der Waals surface area (Å²) >= 11 is 5.90. The quantitative estimate of drug-likeness (QED) is 0.849. The first-order valence-electron chi connectivity index (χ1n) is 5.09. The Morgan fingerprint density at radius 1 is 1.18 bits per heavy atom. The maximum atomic E-state index is 5.90. The molecule has 0 bridgehead atoms. The Labute approximate surface area is 105 Å². The molecule has 0 aliphatic rings. The van der Waals surface area contributed by atoms with Gasteiger partial charge < -0.3 is 10.1 Å². The highest BCUT2D eigenvalue weighted by Gasteiger charge is 2.09. The molecule has 0 spiro atoms. The van der Waals surface area contributed by atoms with E-state index in [1.807, 2.05) is 31.2 Å². The van der Waals surface area contributed by atoms with Gasteiger partial charge in [0, 0.05) is 5.69 Å². The molecule has 4 nitrogen and oxygen atoms in total. The van der Waals surface area contributed by atoms with Gasteiger partial charge in [0.05, 0.1) is 7.11 Å². The molecule has 0 radical (unpaired) electrons. The third kappa shape index (κ3) is 2.65. The summed E-state index contributed by atoms with van der Waals surface area (Å²) in [6.45, 7) is 2.03. The number of halogens is 1. The van der Waals surface area contributed by atoms with E-state index in [-0.39, 0.29) is 5.15 Å². The molecule has 0 amide bonds. The topological polar surface area (TPSA) is 47.0 Å². The Bertz CT molecular complexity index is 514. The number of methoxy groups -OCH3 is 1. The minimum absolute atomic E-state index is 0.289.